The minimum atomic E-state index is 0.290. The number of nitrogens with zero attached hydrogens (tertiary/aromatic N) is 1. The number of aryl methyl sites for hydroxylation is 2. The topological polar surface area (TPSA) is 34.1 Å². The molecule has 0 aliphatic rings. The molecule has 1 N–H and O–H groups in total. The molecule has 3 heteroatoms. The minimum absolute atomic E-state index is 0.290. The van der Waals surface area contributed by atoms with E-state index < -0.39 is 0 Å². The Balaban J connectivity index is 2.10. The van der Waals surface area contributed by atoms with Gasteiger partial charge in [0.25, 0.3) is 0 Å². The van der Waals surface area contributed by atoms with Crippen LogP contribution in [-0.2, 0) is 6.54 Å². The van der Waals surface area contributed by atoms with E-state index in [1.165, 1.54) is 11.1 Å². The first kappa shape index (κ1) is 15.5. The van der Waals surface area contributed by atoms with Crippen molar-refractivity contribution < 1.29 is 4.74 Å². The van der Waals surface area contributed by atoms with Crippen LogP contribution in [0, 0.1) is 20.8 Å². The largest absolute Gasteiger partial charge is 0.496 e. The average molecular weight is 284 g/mol. The van der Waals surface area contributed by atoms with E-state index in [0.717, 1.165) is 29.1 Å². The van der Waals surface area contributed by atoms with Crippen molar-refractivity contribution >= 4 is 0 Å². The highest BCUT2D eigenvalue weighted by molar-refractivity contribution is 5.41. The van der Waals surface area contributed by atoms with Gasteiger partial charge in [-0.2, -0.15) is 0 Å². The molecule has 0 radical (unpaired) electrons. The summed E-state index contributed by atoms with van der Waals surface area (Å²) >= 11 is 0. The van der Waals surface area contributed by atoms with Crippen LogP contribution < -0.4 is 10.1 Å². The lowest BCUT2D eigenvalue weighted by molar-refractivity contribution is 0.406. The summed E-state index contributed by atoms with van der Waals surface area (Å²) in [5.41, 5.74) is 5.81. The van der Waals surface area contributed by atoms with Crippen LogP contribution in [-0.4, -0.2) is 12.1 Å². The van der Waals surface area contributed by atoms with Crippen LogP contribution in [0.4, 0.5) is 0 Å². The highest BCUT2D eigenvalue weighted by atomic mass is 16.5. The van der Waals surface area contributed by atoms with Gasteiger partial charge in [0.1, 0.15) is 5.75 Å². The SMILES string of the molecule is COc1c(C)cnc(CN[C@@H](C)c2cccc(C)c2)c1C. The second-order valence-corrected chi connectivity index (χ2v) is 5.56. The van der Waals surface area contributed by atoms with Crippen LogP contribution in [0.1, 0.15) is 40.9 Å². The number of ether oxygens (including phenoxy) is 1. The van der Waals surface area contributed by atoms with E-state index in [4.69, 9.17) is 4.74 Å². The first-order valence-corrected chi connectivity index (χ1v) is 7.32. The third kappa shape index (κ3) is 3.61. The summed E-state index contributed by atoms with van der Waals surface area (Å²) in [5.74, 6) is 0.935. The van der Waals surface area contributed by atoms with Crippen molar-refractivity contribution in [1.29, 1.82) is 0 Å². The Morgan fingerprint density at radius 1 is 1.24 bits per heavy atom. The molecule has 21 heavy (non-hydrogen) atoms. The third-order valence-corrected chi connectivity index (χ3v) is 3.87. The molecular weight excluding hydrogens is 260 g/mol. The summed E-state index contributed by atoms with van der Waals surface area (Å²) in [4.78, 5) is 4.53. The summed E-state index contributed by atoms with van der Waals surface area (Å²) in [5, 5.41) is 3.54. The van der Waals surface area contributed by atoms with Gasteiger partial charge in [-0.3, -0.25) is 4.98 Å². The van der Waals surface area contributed by atoms with Crippen molar-refractivity contribution in [3.05, 3.63) is 58.4 Å². The molecule has 0 saturated carbocycles. The van der Waals surface area contributed by atoms with Gasteiger partial charge in [0, 0.05) is 29.9 Å². The number of aromatic nitrogens is 1. The van der Waals surface area contributed by atoms with Crippen LogP contribution in [0.3, 0.4) is 0 Å². The van der Waals surface area contributed by atoms with Gasteiger partial charge in [0.15, 0.2) is 0 Å². The van der Waals surface area contributed by atoms with Gasteiger partial charge in [-0.05, 0) is 33.3 Å². The van der Waals surface area contributed by atoms with E-state index in [0.29, 0.717) is 6.04 Å². The predicted octanol–water partition coefficient (Wildman–Crippen LogP) is 3.87. The van der Waals surface area contributed by atoms with Crippen molar-refractivity contribution in [1.82, 2.24) is 10.3 Å². The fraction of sp³-hybridized carbons (Fsp3) is 0.389. The van der Waals surface area contributed by atoms with Crippen molar-refractivity contribution in [3.63, 3.8) is 0 Å². The Bertz CT molecular complexity index is 623. The summed E-state index contributed by atoms with van der Waals surface area (Å²) in [6, 6.07) is 8.88. The molecule has 1 aromatic heterocycles. The Labute approximate surface area is 127 Å². The molecule has 0 amide bonds. The number of rotatable bonds is 5. The Morgan fingerprint density at radius 2 is 2.00 bits per heavy atom. The maximum absolute atomic E-state index is 5.46. The molecule has 0 spiro atoms. The standard InChI is InChI=1S/C18H24N2O/c1-12-7-6-8-16(9-12)15(4)19-11-17-14(3)18(21-5)13(2)10-20-17/h6-10,15,19H,11H2,1-5H3/t15-/m0/s1. The van der Waals surface area contributed by atoms with Gasteiger partial charge in [-0.15, -0.1) is 0 Å². The summed E-state index contributed by atoms with van der Waals surface area (Å²) < 4.78 is 5.46. The zero-order chi connectivity index (χ0) is 15.4. The normalized spacial score (nSPS) is 12.2. The quantitative estimate of drug-likeness (QED) is 0.905. The Kier molecular flexibility index (Phi) is 4.97. The minimum Gasteiger partial charge on any atom is -0.496 e. The summed E-state index contributed by atoms with van der Waals surface area (Å²) in [7, 11) is 1.71. The molecular formula is C18H24N2O. The van der Waals surface area contributed by atoms with E-state index >= 15 is 0 Å². The lowest BCUT2D eigenvalue weighted by atomic mass is 10.1. The van der Waals surface area contributed by atoms with Crippen LogP contribution in [0.25, 0.3) is 0 Å². The van der Waals surface area contributed by atoms with Gasteiger partial charge in [0.2, 0.25) is 0 Å². The molecule has 1 aromatic carbocycles. The Hall–Kier alpha value is -1.87. The molecule has 1 heterocycles. The molecule has 0 saturated heterocycles. The molecule has 3 nitrogen and oxygen atoms in total. The highest BCUT2D eigenvalue weighted by Gasteiger charge is 2.11. The van der Waals surface area contributed by atoms with Gasteiger partial charge in [0.05, 0.1) is 12.8 Å². The molecule has 1 atom stereocenters. The van der Waals surface area contributed by atoms with Crippen molar-refractivity contribution in [2.75, 3.05) is 7.11 Å². The van der Waals surface area contributed by atoms with Gasteiger partial charge < -0.3 is 10.1 Å². The molecule has 0 aliphatic carbocycles. The molecule has 112 valence electrons. The van der Waals surface area contributed by atoms with Crippen molar-refractivity contribution in [2.45, 2.75) is 40.3 Å². The molecule has 0 aliphatic heterocycles. The van der Waals surface area contributed by atoms with E-state index in [-0.39, 0.29) is 0 Å². The maximum atomic E-state index is 5.46. The van der Waals surface area contributed by atoms with Gasteiger partial charge in [-0.1, -0.05) is 29.8 Å². The molecule has 2 aromatic rings. The number of benzene rings is 1. The number of methoxy groups -OCH3 is 1. The summed E-state index contributed by atoms with van der Waals surface area (Å²) in [6.45, 7) is 9.11. The molecule has 2 rings (SSSR count). The van der Waals surface area contributed by atoms with E-state index in [1.807, 2.05) is 13.1 Å². The fourth-order valence-corrected chi connectivity index (χ4v) is 2.56. The average Bonchev–Trinajstić information content (AvgIpc) is 2.46. The lowest BCUT2D eigenvalue weighted by Crippen LogP contribution is -2.19. The monoisotopic (exact) mass is 284 g/mol. The van der Waals surface area contributed by atoms with E-state index in [9.17, 15) is 0 Å². The van der Waals surface area contributed by atoms with E-state index in [1.54, 1.807) is 7.11 Å². The molecule has 0 bridgehead atoms. The van der Waals surface area contributed by atoms with Gasteiger partial charge in [-0.25, -0.2) is 0 Å². The zero-order valence-corrected chi connectivity index (χ0v) is 13.5. The first-order chi connectivity index (χ1) is 10.0. The van der Waals surface area contributed by atoms with Crippen LogP contribution in [0.15, 0.2) is 30.5 Å². The number of hydrogen-bond donors (Lipinski definition) is 1. The lowest BCUT2D eigenvalue weighted by Gasteiger charge is -2.17. The highest BCUT2D eigenvalue weighted by Crippen LogP contribution is 2.24. The second kappa shape index (κ2) is 6.72. The zero-order valence-electron chi connectivity index (χ0n) is 13.5. The van der Waals surface area contributed by atoms with E-state index in [2.05, 4.69) is 55.3 Å². The van der Waals surface area contributed by atoms with Crippen molar-refractivity contribution in [2.24, 2.45) is 0 Å². The van der Waals surface area contributed by atoms with Crippen molar-refractivity contribution in [3.8, 4) is 5.75 Å². The molecule has 0 fully saturated rings. The fourth-order valence-electron chi connectivity index (χ4n) is 2.56. The van der Waals surface area contributed by atoms with Crippen LogP contribution in [0.2, 0.25) is 0 Å². The first-order valence-electron chi connectivity index (χ1n) is 7.32. The second-order valence-electron chi connectivity index (χ2n) is 5.56. The van der Waals surface area contributed by atoms with Crippen LogP contribution in [0.5, 0.6) is 5.75 Å². The Morgan fingerprint density at radius 3 is 2.67 bits per heavy atom. The number of pyridine rings is 1. The third-order valence-electron chi connectivity index (χ3n) is 3.87. The molecule has 0 unspecified atom stereocenters. The maximum Gasteiger partial charge on any atom is 0.128 e. The van der Waals surface area contributed by atoms with Gasteiger partial charge >= 0.3 is 0 Å². The predicted molar refractivity (Wildman–Crippen MR) is 86.7 cm³/mol. The smallest absolute Gasteiger partial charge is 0.128 e. The number of hydrogen-bond acceptors (Lipinski definition) is 3. The number of nitrogens with one attached hydrogen (secondary N) is 1. The summed E-state index contributed by atoms with van der Waals surface area (Å²) in [6.07, 6.45) is 1.88. The van der Waals surface area contributed by atoms with Crippen LogP contribution >= 0.6 is 0 Å².